The van der Waals surface area contributed by atoms with Gasteiger partial charge in [0.15, 0.2) is 0 Å². The molecule has 112 valence electrons. The molecule has 2 amide bonds. The first-order valence-corrected chi connectivity index (χ1v) is 8.34. The van der Waals surface area contributed by atoms with Crippen molar-refractivity contribution in [2.75, 3.05) is 4.90 Å². The largest absolute Gasteiger partial charge is 0.274 e. The molecule has 6 rings (SSSR count). The predicted molar refractivity (Wildman–Crippen MR) is 83.7 cm³/mol. The lowest BCUT2D eigenvalue weighted by Crippen LogP contribution is -2.40. The fourth-order valence-corrected chi connectivity index (χ4v) is 5.13. The normalized spacial score (nSPS) is 40.9. The van der Waals surface area contributed by atoms with E-state index >= 15 is 0 Å². The highest BCUT2D eigenvalue weighted by molar-refractivity contribution is 6.42. The minimum Gasteiger partial charge on any atom is -0.274 e. The van der Waals surface area contributed by atoms with Gasteiger partial charge in [0, 0.05) is 0 Å². The van der Waals surface area contributed by atoms with Crippen LogP contribution in [0.15, 0.2) is 30.4 Å². The molecule has 0 N–H and O–H groups in total. The number of amides is 2. The van der Waals surface area contributed by atoms with Crippen molar-refractivity contribution in [3.8, 4) is 0 Å². The summed E-state index contributed by atoms with van der Waals surface area (Å²) < 4.78 is 0. The summed E-state index contributed by atoms with van der Waals surface area (Å²) in [6, 6.07) is 4.93. The number of carbonyl (C=O) groups is 2. The zero-order chi connectivity index (χ0) is 15.2. The SMILES string of the molecule is O=C1[C@@H]2[C@@H]3C=C[C@H]([C@H]4C[C@@H]34)[C@@H]2C(=O)N1c1ccc(Cl)c(Cl)c1. The lowest BCUT2D eigenvalue weighted by atomic mass is 9.63. The molecule has 0 unspecified atom stereocenters. The molecule has 4 aliphatic carbocycles. The van der Waals surface area contributed by atoms with Crippen molar-refractivity contribution in [3.63, 3.8) is 0 Å². The Morgan fingerprint density at radius 2 is 1.50 bits per heavy atom. The third-order valence-corrected chi connectivity index (χ3v) is 6.56. The van der Waals surface area contributed by atoms with Crippen molar-refractivity contribution in [1.29, 1.82) is 0 Å². The molecule has 1 aliphatic heterocycles. The van der Waals surface area contributed by atoms with E-state index in [1.54, 1.807) is 18.2 Å². The van der Waals surface area contributed by atoms with Gasteiger partial charge in [-0.2, -0.15) is 0 Å². The van der Waals surface area contributed by atoms with Gasteiger partial charge in [0.1, 0.15) is 0 Å². The number of hydrogen-bond donors (Lipinski definition) is 0. The van der Waals surface area contributed by atoms with Crippen LogP contribution in [0.2, 0.25) is 10.0 Å². The highest BCUT2D eigenvalue weighted by Crippen LogP contribution is 2.65. The smallest absolute Gasteiger partial charge is 0.238 e. The zero-order valence-electron chi connectivity index (χ0n) is 11.6. The molecule has 2 bridgehead atoms. The van der Waals surface area contributed by atoms with Gasteiger partial charge < -0.3 is 0 Å². The van der Waals surface area contributed by atoms with Crippen molar-refractivity contribution in [3.05, 3.63) is 40.4 Å². The Labute approximate surface area is 137 Å². The monoisotopic (exact) mass is 333 g/mol. The first-order chi connectivity index (χ1) is 10.6. The van der Waals surface area contributed by atoms with Crippen molar-refractivity contribution >= 4 is 40.7 Å². The molecule has 3 nitrogen and oxygen atoms in total. The summed E-state index contributed by atoms with van der Waals surface area (Å²) in [6.07, 6.45) is 5.51. The molecule has 5 aliphatic rings. The Morgan fingerprint density at radius 3 is 2.05 bits per heavy atom. The van der Waals surface area contributed by atoms with Crippen LogP contribution in [0.4, 0.5) is 5.69 Å². The van der Waals surface area contributed by atoms with Crippen LogP contribution in [0.3, 0.4) is 0 Å². The van der Waals surface area contributed by atoms with E-state index in [9.17, 15) is 9.59 Å². The van der Waals surface area contributed by atoms with Gasteiger partial charge in [-0.25, -0.2) is 4.90 Å². The van der Waals surface area contributed by atoms with Gasteiger partial charge >= 0.3 is 0 Å². The average molecular weight is 334 g/mol. The molecule has 3 fully saturated rings. The molecule has 6 atom stereocenters. The van der Waals surface area contributed by atoms with E-state index < -0.39 is 0 Å². The Morgan fingerprint density at radius 1 is 0.909 bits per heavy atom. The molecule has 5 heteroatoms. The van der Waals surface area contributed by atoms with Crippen LogP contribution in [0.5, 0.6) is 0 Å². The highest BCUT2D eigenvalue weighted by atomic mass is 35.5. The number of carbonyl (C=O) groups excluding carboxylic acids is 2. The van der Waals surface area contributed by atoms with Crippen LogP contribution in [-0.4, -0.2) is 11.8 Å². The highest BCUT2D eigenvalue weighted by Gasteiger charge is 2.67. The van der Waals surface area contributed by atoms with Crippen LogP contribution in [0.25, 0.3) is 0 Å². The zero-order valence-corrected chi connectivity index (χ0v) is 13.1. The summed E-state index contributed by atoms with van der Waals surface area (Å²) >= 11 is 12.0. The van der Waals surface area contributed by atoms with Crippen molar-refractivity contribution in [1.82, 2.24) is 0 Å². The molecule has 0 aromatic heterocycles. The molecule has 22 heavy (non-hydrogen) atoms. The second-order valence-electron chi connectivity index (χ2n) is 6.76. The molecule has 2 saturated carbocycles. The van der Waals surface area contributed by atoms with E-state index in [-0.39, 0.29) is 35.5 Å². The van der Waals surface area contributed by atoms with Crippen molar-refractivity contribution in [2.45, 2.75) is 6.42 Å². The summed E-state index contributed by atoms with van der Waals surface area (Å²) in [5, 5.41) is 0.781. The van der Waals surface area contributed by atoms with E-state index in [2.05, 4.69) is 12.2 Å². The standard InChI is InChI=1S/C17H13Cl2NO2/c18-12-4-1-7(5-13(12)19)20-16(21)14-8-2-3-9(11-6-10(8)11)15(14)17(20)22/h1-5,8-11,14-15H,6H2/t8-,9-,10-,11+,14+,15-/m1/s1. The fourth-order valence-electron chi connectivity index (χ4n) is 4.84. The van der Waals surface area contributed by atoms with Gasteiger partial charge in [-0.15, -0.1) is 0 Å². The summed E-state index contributed by atoms with van der Waals surface area (Å²) in [7, 11) is 0. The number of allylic oxidation sites excluding steroid dienone is 2. The van der Waals surface area contributed by atoms with Crippen LogP contribution < -0.4 is 4.90 Å². The predicted octanol–water partition coefficient (Wildman–Crippen LogP) is 3.55. The maximum atomic E-state index is 12.9. The molecule has 1 heterocycles. The van der Waals surface area contributed by atoms with Gasteiger partial charge in [-0.05, 0) is 48.3 Å². The van der Waals surface area contributed by atoms with Crippen molar-refractivity contribution in [2.24, 2.45) is 35.5 Å². The van der Waals surface area contributed by atoms with Crippen LogP contribution >= 0.6 is 23.2 Å². The number of nitrogens with zero attached hydrogens (tertiary/aromatic N) is 1. The summed E-state index contributed by atoms with van der Waals surface area (Å²) in [4.78, 5) is 27.1. The average Bonchev–Trinajstić information content (AvgIpc) is 3.28. The van der Waals surface area contributed by atoms with Gasteiger partial charge in [-0.3, -0.25) is 9.59 Å². The first kappa shape index (κ1) is 13.1. The van der Waals surface area contributed by atoms with E-state index in [0.717, 1.165) is 0 Å². The molecule has 0 radical (unpaired) electrons. The Bertz CT molecular complexity index is 723. The number of imide groups is 1. The third-order valence-electron chi connectivity index (χ3n) is 5.82. The third kappa shape index (κ3) is 1.49. The number of halogens is 2. The summed E-state index contributed by atoms with van der Waals surface area (Å²) in [5.41, 5.74) is 0.534. The Kier molecular flexibility index (Phi) is 2.48. The maximum Gasteiger partial charge on any atom is 0.238 e. The molecular formula is C17H13Cl2NO2. The molecular weight excluding hydrogens is 321 g/mol. The van der Waals surface area contributed by atoms with Gasteiger partial charge in [-0.1, -0.05) is 35.4 Å². The maximum absolute atomic E-state index is 12.9. The van der Waals surface area contributed by atoms with E-state index in [1.807, 2.05) is 0 Å². The number of hydrogen-bond acceptors (Lipinski definition) is 2. The van der Waals surface area contributed by atoms with Crippen LogP contribution in [0.1, 0.15) is 6.42 Å². The topological polar surface area (TPSA) is 37.4 Å². The van der Waals surface area contributed by atoms with E-state index in [4.69, 9.17) is 23.2 Å². The number of rotatable bonds is 1. The second-order valence-corrected chi connectivity index (χ2v) is 7.58. The lowest BCUT2D eigenvalue weighted by Gasteiger charge is -2.37. The quantitative estimate of drug-likeness (QED) is 0.582. The second kappa shape index (κ2) is 4.15. The Hall–Kier alpha value is -1.32. The Balaban J connectivity index is 1.58. The summed E-state index contributed by atoms with van der Waals surface area (Å²) in [5.74, 6) is 1.20. The minimum atomic E-state index is -0.180. The number of benzene rings is 1. The number of anilines is 1. The summed E-state index contributed by atoms with van der Waals surface area (Å²) in [6.45, 7) is 0. The van der Waals surface area contributed by atoms with Gasteiger partial charge in [0.25, 0.3) is 0 Å². The van der Waals surface area contributed by atoms with Crippen LogP contribution in [0, 0.1) is 35.5 Å². The van der Waals surface area contributed by atoms with Crippen molar-refractivity contribution < 1.29 is 9.59 Å². The van der Waals surface area contributed by atoms with Gasteiger partial charge in [0.2, 0.25) is 11.8 Å². The first-order valence-electron chi connectivity index (χ1n) is 7.59. The molecule has 1 saturated heterocycles. The van der Waals surface area contributed by atoms with Gasteiger partial charge in [0.05, 0.1) is 27.6 Å². The van der Waals surface area contributed by atoms with E-state index in [1.165, 1.54) is 11.3 Å². The molecule has 1 aromatic rings. The molecule has 1 aromatic carbocycles. The van der Waals surface area contributed by atoms with Crippen LogP contribution in [-0.2, 0) is 9.59 Å². The fraction of sp³-hybridized carbons (Fsp3) is 0.412. The van der Waals surface area contributed by atoms with E-state index in [0.29, 0.717) is 27.6 Å². The minimum absolute atomic E-state index is 0.0712. The lowest BCUT2D eigenvalue weighted by molar-refractivity contribution is -0.124. The molecule has 0 spiro atoms.